The van der Waals surface area contributed by atoms with E-state index < -0.39 is 28.6 Å². The van der Waals surface area contributed by atoms with Gasteiger partial charge in [0.1, 0.15) is 17.9 Å². The predicted molar refractivity (Wildman–Crippen MR) is 124 cm³/mol. The maximum absolute atomic E-state index is 14.2. The average molecular weight is 470 g/mol. The molecule has 4 nitrogen and oxygen atoms in total. The van der Waals surface area contributed by atoms with Crippen LogP contribution >= 0.6 is 0 Å². The number of benzene rings is 1. The normalized spacial score (nSPS) is 40.4. The number of aldehydes is 1. The maximum Gasteiger partial charge on any atom is 0.224 e. The lowest BCUT2D eigenvalue weighted by Gasteiger charge is -2.42. The number of hydrogen-bond donors (Lipinski definition) is 2. The first-order valence-electron chi connectivity index (χ1n) is 12.4. The molecule has 2 bridgehead atoms. The van der Waals surface area contributed by atoms with E-state index in [9.17, 15) is 23.5 Å². The lowest BCUT2D eigenvalue weighted by atomic mass is 9.62. The van der Waals surface area contributed by atoms with E-state index in [2.05, 4.69) is 31.8 Å². The summed E-state index contributed by atoms with van der Waals surface area (Å²) in [4.78, 5) is 25.3. The highest BCUT2D eigenvalue weighted by molar-refractivity contribution is 5.82. The van der Waals surface area contributed by atoms with E-state index in [0.29, 0.717) is 25.7 Å². The van der Waals surface area contributed by atoms with Gasteiger partial charge in [-0.1, -0.05) is 38.1 Å². The standard InChI is InChI=1S/C28H33F2NO3/c1-15-11-19-21-7-9-28(34)14-27(21,12-16(28)2)25(24(19)17(3)18(15)8-10-32)26(33)31-13-20-22(29)5-4-6-23(20)30/h4-6,10-11,15,17-18,21,24-25,34H,2,7-9,12-14H2,1,3H3,(H,31,33)/t15-,17+,18+,21+,24?,25-,27+,28+/m1/s1. The third kappa shape index (κ3) is 3.24. The monoisotopic (exact) mass is 469 g/mol. The third-order valence-electron chi connectivity index (χ3n) is 9.65. The van der Waals surface area contributed by atoms with Gasteiger partial charge in [-0.15, -0.1) is 0 Å². The largest absolute Gasteiger partial charge is 0.386 e. The molecular formula is C28H33F2NO3. The second-order valence-corrected chi connectivity index (χ2v) is 11.2. The van der Waals surface area contributed by atoms with Crippen LogP contribution in [0.25, 0.3) is 0 Å². The van der Waals surface area contributed by atoms with Crippen molar-refractivity contribution >= 4 is 12.2 Å². The van der Waals surface area contributed by atoms with Crippen LogP contribution in [0, 0.1) is 52.6 Å². The van der Waals surface area contributed by atoms with Crippen LogP contribution in [0.4, 0.5) is 8.78 Å². The first kappa shape index (κ1) is 23.4. The van der Waals surface area contributed by atoms with Gasteiger partial charge in [-0.2, -0.15) is 0 Å². The Morgan fingerprint density at radius 2 is 2.00 bits per heavy atom. The van der Waals surface area contributed by atoms with Crippen molar-refractivity contribution in [3.05, 3.63) is 59.2 Å². The highest BCUT2D eigenvalue weighted by Gasteiger charge is 2.69. The number of carbonyl (C=O) groups excluding carboxylic acids is 2. The molecular weight excluding hydrogens is 436 g/mol. The van der Waals surface area contributed by atoms with Crippen LogP contribution in [0.3, 0.4) is 0 Å². The molecule has 8 atom stereocenters. The highest BCUT2D eigenvalue weighted by atomic mass is 19.1. The van der Waals surface area contributed by atoms with Crippen LogP contribution in [0.2, 0.25) is 0 Å². The number of amides is 1. The third-order valence-corrected chi connectivity index (χ3v) is 9.65. The molecule has 4 aliphatic rings. The van der Waals surface area contributed by atoms with Crippen molar-refractivity contribution in [3.8, 4) is 0 Å². The van der Waals surface area contributed by atoms with E-state index in [4.69, 9.17) is 0 Å². The van der Waals surface area contributed by atoms with E-state index in [1.165, 1.54) is 23.8 Å². The molecule has 5 rings (SSSR count). The van der Waals surface area contributed by atoms with Crippen molar-refractivity contribution in [2.24, 2.45) is 40.9 Å². The van der Waals surface area contributed by atoms with Gasteiger partial charge in [-0.3, -0.25) is 4.79 Å². The van der Waals surface area contributed by atoms with Gasteiger partial charge in [0.25, 0.3) is 0 Å². The molecule has 6 heteroatoms. The van der Waals surface area contributed by atoms with Gasteiger partial charge in [0.15, 0.2) is 0 Å². The Bertz CT molecular complexity index is 1060. The molecule has 0 saturated heterocycles. The zero-order valence-electron chi connectivity index (χ0n) is 19.8. The van der Waals surface area contributed by atoms with Crippen molar-refractivity contribution in [1.29, 1.82) is 0 Å². The van der Waals surface area contributed by atoms with Crippen molar-refractivity contribution in [3.63, 3.8) is 0 Å². The summed E-state index contributed by atoms with van der Waals surface area (Å²) in [6, 6.07) is 3.68. The Balaban J connectivity index is 1.54. The Morgan fingerprint density at radius 3 is 2.68 bits per heavy atom. The SMILES string of the molecule is C=C1C[C@]23C[C@@]1(O)CC[C@H]2C1=C[C@@H](C)[C@H](CC=O)[C@H](C)C1[C@@H]3C(=O)NCc1c(F)cccc1F. The zero-order valence-corrected chi connectivity index (χ0v) is 19.8. The summed E-state index contributed by atoms with van der Waals surface area (Å²) in [6.45, 7) is 8.22. The number of aliphatic hydroxyl groups is 1. The Kier molecular flexibility index (Phi) is 5.58. The zero-order chi connectivity index (χ0) is 24.4. The van der Waals surface area contributed by atoms with Gasteiger partial charge >= 0.3 is 0 Å². The average Bonchev–Trinajstić information content (AvgIpc) is 3.16. The minimum Gasteiger partial charge on any atom is -0.386 e. The molecule has 2 N–H and O–H groups in total. The van der Waals surface area contributed by atoms with Crippen LogP contribution < -0.4 is 5.32 Å². The summed E-state index contributed by atoms with van der Waals surface area (Å²) in [7, 11) is 0. The number of allylic oxidation sites excluding steroid dienone is 2. The van der Waals surface area contributed by atoms with Crippen LogP contribution in [0.15, 0.2) is 42.0 Å². The molecule has 4 aliphatic carbocycles. The summed E-state index contributed by atoms with van der Waals surface area (Å²) in [5.74, 6) is -1.49. The number of fused-ring (bicyclic) bond motifs is 3. The number of nitrogens with one attached hydrogen (secondary N) is 1. The van der Waals surface area contributed by atoms with E-state index in [-0.39, 0.29) is 47.6 Å². The number of hydrogen-bond acceptors (Lipinski definition) is 3. The summed E-state index contributed by atoms with van der Waals surface area (Å²) in [5, 5.41) is 14.1. The fraction of sp³-hybridized carbons (Fsp3) is 0.571. The smallest absolute Gasteiger partial charge is 0.224 e. The second kappa shape index (κ2) is 8.11. The molecule has 0 radical (unpaired) electrons. The minimum absolute atomic E-state index is 0.0649. The molecule has 1 spiro atoms. The van der Waals surface area contributed by atoms with Gasteiger partial charge in [-0.25, -0.2) is 8.78 Å². The Labute approximate surface area is 199 Å². The number of carbonyl (C=O) groups is 2. The van der Waals surface area contributed by atoms with Gasteiger partial charge in [-0.05, 0) is 78.4 Å². The number of halogens is 2. The fourth-order valence-corrected chi connectivity index (χ4v) is 8.15. The fourth-order valence-electron chi connectivity index (χ4n) is 8.15. The molecule has 3 fully saturated rings. The highest BCUT2D eigenvalue weighted by Crippen LogP contribution is 2.72. The van der Waals surface area contributed by atoms with Gasteiger partial charge in [0.2, 0.25) is 5.91 Å². The lowest BCUT2D eigenvalue weighted by Crippen LogP contribution is -2.47. The lowest BCUT2D eigenvalue weighted by molar-refractivity contribution is -0.133. The molecule has 1 aromatic rings. The van der Waals surface area contributed by atoms with E-state index in [1.807, 2.05) is 0 Å². The van der Waals surface area contributed by atoms with Crippen LogP contribution in [-0.4, -0.2) is 22.9 Å². The molecule has 0 aliphatic heterocycles. The minimum atomic E-state index is -0.961. The topological polar surface area (TPSA) is 66.4 Å². The molecule has 1 amide bonds. The van der Waals surface area contributed by atoms with E-state index >= 15 is 0 Å². The van der Waals surface area contributed by atoms with E-state index in [0.717, 1.165) is 18.3 Å². The molecule has 1 aromatic carbocycles. The molecule has 34 heavy (non-hydrogen) atoms. The molecule has 1 unspecified atom stereocenters. The van der Waals surface area contributed by atoms with Gasteiger partial charge in [0.05, 0.1) is 11.5 Å². The van der Waals surface area contributed by atoms with Crippen molar-refractivity contribution in [2.45, 2.75) is 58.1 Å². The van der Waals surface area contributed by atoms with Crippen LogP contribution in [0.5, 0.6) is 0 Å². The molecule has 182 valence electrons. The predicted octanol–water partition coefficient (Wildman–Crippen LogP) is 4.72. The maximum atomic E-state index is 14.2. The summed E-state index contributed by atoms with van der Waals surface area (Å²) in [5.41, 5.74) is 0.493. The quantitative estimate of drug-likeness (QED) is 0.484. The van der Waals surface area contributed by atoms with Crippen LogP contribution in [0.1, 0.15) is 51.5 Å². The van der Waals surface area contributed by atoms with E-state index in [1.54, 1.807) is 0 Å². The van der Waals surface area contributed by atoms with Crippen molar-refractivity contribution in [2.75, 3.05) is 0 Å². The summed E-state index contributed by atoms with van der Waals surface area (Å²) < 4.78 is 28.5. The van der Waals surface area contributed by atoms with Crippen molar-refractivity contribution in [1.82, 2.24) is 5.32 Å². The van der Waals surface area contributed by atoms with Gasteiger partial charge < -0.3 is 15.2 Å². The summed E-state index contributed by atoms with van der Waals surface area (Å²) >= 11 is 0. The van der Waals surface area contributed by atoms with Crippen LogP contribution in [-0.2, 0) is 16.1 Å². The Morgan fingerprint density at radius 1 is 1.29 bits per heavy atom. The van der Waals surface area contributed by atoms with Gasteiger partial charge in [0, 0.05) is 18.5 Å². The summed E-state index contributed by atoms with van der Waals surface area (Å²) in [6.07, 6.45) is 6.17. The second-order valence-electron chi connectivity index (χ2n) is 11.2. The molecule has 3 saturated carbocycles. The first-order valence-corrected chi connectivity index (χ1v) is 12.4. The van der Waals surface area contributed by atoms with Crippen molar-refractivity contribution < 1.29 is 23.5 Å². The Hall–Kier alpha value is -2.34. The first-order chi connectivity index (χ1) is 16.1. The molecule has 0 aromatic heterocycles. The molecule has 0 heterocycles. The number of rotatable bonds is 5.